The highest BCUT2D eigenvalue weighted by Gasteiger charge is 2.23. The number of allylic oxidation sites excluding steroid dienone is 2. The lowest BCUT2D eigenvalue weighted by atomic mass is 10.0. The molecule has 0 amide bonds. The lowest BCUT2D eigenvalue weighted by Crippen LogP contribution is -1.87. The smallest absolute Gasteiger partial charge is 0.104 e. The van der Waals surface area contributed by atoms with E-state index in [1.807, 2.05) is 0 Å². The molecule has 204 valence electrons. The number of nitrogens with zero attached hydrogens (tertiary/aromatic N) is 2. The Kier molecular flexibility index (Phi) is 8.27. The molecule has 0 saturated heterocycles. The summed E-state index contributed by atoms with van der Waals surface area (Å²) in [4.78, 5) is 18.0. The summed E-state index contributed by atoms with van der Waals surface area (Å²) < 4.78 is 1.08. The van der Waals surface area contributed by atoms with Gasteiger partial charge in [-0.3, -0.25) is 0 Å². The molecular formula is C34H41BrN4. The predicted molar refractivity (Wildman–Crippen MR) is 172 cm³/mol. The van der Waals surface area contributed by atoms with E-state index in [0.717, 1.165) is 78.6 Å². The zero-order valence-electron chi connectivity index (χ0n) is 24.3. The Balaban J connectivity index is 1.97. The molecule has 5 heterocycles. The van der Waals surface area contributed by atoms with Crippen molar-refractivity contribution in [3.63, 3.8) is 0 Å². The van der Waals surface area contributed by atoms with Gasteiger partial charge in [0.1, 0.15) is 5.69 Å². The third kappa shape index (κ3) is 4.95. The summed E-state index contributed by atoms with van der Waals surface area (Å²) in [6.07, 6.45) is 10.3. The third-order valence-electron chi connectivity index (χ3n) is 8.12. The van der Waals surface area contributed by atoms with Gasteiger partial charge in [-0.15, -0.1) is 0 Å². The van der Waals surface area contributed by atoms with Gasteiger partial charge in [-0.1, -0.05) is 54.4 Å². The van der Waals surface area contributed by atoms with Crippen molar-refractivity contribution in [1.29, 1.82) is 0 Å². The van der Waals surface area contributed by atoms with Gasteiger partial charge in [0.15, 0.2) is 0 Å². The van der Waals surface area contributed by atoms with Crippen LogP contribution in [-0.2, 0) is 25.7 Å². The van der Waals surface area contributed by atoms with E-state index >= 15 is 0 Å². The summed E-state index contributed by atoms with van der Waals surface area (Å²) >= 11 is 3.95. The van der Waals surface area contributed by atoms with Crippen molar-refractivity contribution in [1.82, 2.24) is 19.9 Å². The van der Waals surface area contributed by atoms with Crippen LogP contribution in [0.2, 0.25) is 0 Å². The fourth-order valence-corrected chi connectivity index (χ4v) is 6.98. The summed E-state index contributed by atoms with van der Waals surface area (Å²) in [5, 5.41) is 0. The van der Waals surface area contributed by atoms with Gasteiger partial charge in [0.25, 0.3) is 0 Å². The Hall–Kier alpha value is -2.92. The highest BCUT2D eigenvalue weighted by atomic mass is 79.9. The Morgan fingerprint density at radius 3 is 1.79 bits per heavy atom. The van der Waals surface area contributed by atoms with E-state index in [1.165, 1.54) is 55.5 Å². The van der Waals surface area contributed by atoms with E-state index in [9.17, 15) is 0 Å². The van der Waals surface area contributed by atoms with Crippen molar-refractivity contribution < 1.29 is 0 Å². The van der Waals surface area contributed by atoms with Crippen LogP contribution in [0.1, 0.15) is 112 Å². The second-order valence-electron chi connectivity index (χ2n) is 10.5. The van der Waals surface area contributed by atoms with Crippen LogP contribution in [0.15, 0.2) is 24.3 Å². The molecule has 3 aromatic rings. The number of rotatable bonds is 8. The molecule has 2 N–H and O–H groups in total. The molecule has 0 spiro atoms. The normalized spacial score (nSPS) is 13.4. The predicted octanol–water partition coefficient (Wildman–Crippen LogP) is 9.97. The monoisotopic (exact) mass is 584 g/mol. The van der Waals surface area contributed by atoms with Crippen LogP contribution < -0.4 is 0 Å². The zero-order chi connectivity index (χ0) is 27.7. The fourth-order valence-electron chi connectivity index (χ4n) is 6.29. The molecule has 0 saturated carbocycles. The minimum Gasteiger partial charge on any atom is -0.355 e. The highest BCUT2D eigenvalue weighted by molar-refractivity contribution is 9.15. The Labute approximate surface area is 241 Å². The molecule has 0 radical (unpaired) electrons. The number of H-pyrrole nitrogens is 2. The zero-order valence-corrected chi connectivity index (χ0v) is 25.9. The first-order valence-electron chi connectivity index (χ1n) is 14.8. The van der Waals surface area contributed by atoms with Crippen molar-refractivity contribution >= 4 is 59.7 Å². The van der Waals surface area contributed by atoms with E-state index in [1.54, 1.807) is 0 Å². The van der Waals surface area contributed by atoms with Crippen molar-refractivity contribution in [3.05, 3.63) is 69.3 Å². The average molecular weight is 586 g/mol. The second-order valence-corrected chi connectivity index (χ2v) is 11.3. The van der Waals surface area contributed by atoms with Gasteiger partial charge in [0.05, 0.1) is 21.6 Å². The quantitative estimate of drug-likeness (QED) is 0.276. The molecule has 2 aliphatic heterocycles. The van der Waals surface area contributed by atoms with Gasteiger partial charge in [0.2, 0.25) is 0 Å². The molecule has 39 heavy (non-hydrogen) atoms. The van der Waals surface area contributed by atoms with Gasteiger partial charge < -0.3 is 9.97 Å². The summed E-state index contributed by atoms with van der Waals surface area (Å²) in [6.45, 7) is 13.5. The summed E-state index contributed by atoms with van der Waals surface area (Å²) in [7, 11) is 0. The molecule has 2 aliphatic rings. The number of halogens is 1. The van der Waals surface area contributed by atoms with Crippen LogP contribution in [-0.4, -0.2) is 19.9 Å². The topological polar surface area (TPSA) is 57.4 Å². The minimum absolute atomic E-state index is 0.950. The lowest BCUT2D eigenvalue weighted by Gasteiger charge is -2.01. The molecule has 0 atom stereocenters. The maximum absolute atomic E-state index is 5.21. The maximum atomic E-state index is 5.21. The number of hydrogen-bond acceptors (Lipinski definition) is 2. The van der Waals surface area contributed by atoms with Crippen LogP contribution in [0.5, 0.6) is 0 Å². The Morgan fingerprint density at radius 2 is 1.21 bits per heavy atom. The fraction of sp³-hybridized carbons (Fsp3) is 0.412. The van der Waals surface area contributed by atoms with Crippen LogP contribution in [0, 0.1) is 0 Å². The standard InChI is InChI=1S/C34H41BrN4/c1-7-13-20-17-32-34-33(35)25(14-8-2)31(39-34)19-30-24(12-6)23(11-5)29(38-30)18-28-22(10-4)21(9-3)27(37-28)16-15-26(20)36-32/h15-19,37-38H,7-14H2,1-6H3. The van der Waals surface area contributed by atoms with Crippen molar-refractivity contribution in [2.75, 3.05) is 0 Å². The molecule has 0 aromatic carbocycles. The molecule has 5 rings (SSSR count). The first-order valence-corrected chi connectivity index (χ1v) is 15.6. The Morgan fingerprint density at radius 1 is 0.641 bits per heavy atom. The van der Waals surface area contributed by atoms with Gasteiger partial charge in [0, 0.05) is 22.1 Å². The van der Waals surface area contributed by atoms with Crippen LogP contribution in [0.3, 0.4) is 0 Å². The second kappa shape index (κ2) is 11.7. The molecule has 0 fully saturated rings. The van der Waals surface area contributed by atoms with Gasteiger partial charge in [-0.05, 0) is 118 Å². The van der Waals surface area contributed by atoms with Crippen LogP contribution in [0.4, 0.5) is 0 Å². The molecule has 3 aromatic heterocycles. The van der Waals surface area contributed by atoms with Gasteiger partial charge in [-0.2, -0.15) is 0 Å². The van der Waals surface area contributed by atoms with Crippen molar-refractivity contribution in [3.8, 4) is 0 Å². The highest BCUT2D eigenvalue weighted by Crippen LogP contribution is 2.40. The third-order valence-corrected chi connectivity index (χ3v) is 8.97. The molecular weight excluding hydrogens is 544 g/mol. The van der Waals surface area contributed by atoms with E-state index in [2.05, 4.69) is 97.8 Å². The number of aromatic nitrogens is 4. The number of hydrogen-bond donors (Lipinski definition) is 2. The lowest BCUT2D eigenvalue weighted by molar-refractivity contribution is 0.973. The summed E-state index contributed by atoms with van der Waals surface area (Å²) in [5.74, 6) is 0. The average Bonchev–Trinajstić information content (AvgIpc) is 3.66. The minimum atomic E-state index is 0.950. The molecule has 4 nitrogen and oxygen atoms in total. The Bertz CT molecular complexity index is 1630. The largest absolute Gasteiger partial charge is 0.355 e. The molecule has 8 bridgehead atoms. The van der Waals surface area contributed by atoms with Gasteiger partial charge in [-0.25, -0.2) is 9.97 Å². The van der Waals surface area contributed by atoms with Crippen molar-refractivity contribution in [2.45, 2.75) is 92.9 Å². The first kappa shape index (κ1) is 27.6. The number of aromatic amines is 2. The van der Waals surface area contributed by atoms with Gasteiger partial charge >= 0.3 is 0 Å². The maximum Gasteiger partial charge on any atom is 0.104 e. The SMILES string of the molecule is CCCC1=Cc2nc1ccc1[nH]c(cc3[nH]c(cc4nc2C(Br)=C4CCC)c(CC)c3CC)c(CC)c1CC. The van der Waals surface area contributed by atoms with Crippen LogP contribution >= 0.6 is 15.9 Å². The molecule has 0 aliphatic carbocycles. The van der Waals surface area contributed by atoms with Crippen molar-refractivity contribution in [2.24, 2.45) is 0 Å². The molecule has 5 heteroatoms. The molecule has 0 unspecified atom stereocenters. The number of fused-ring (bicyclic) bond motifs is 9. The summed E-state index contributed by atoms with van der Waals surface area (Å²) in [6, 6.07) is 9.05. The van der Waals surface area contributed by atoms with E-state index in [4.69, 9.17) is 9.97 Å². The van der Waals surface area contributed by atoms with E-state index < -0.39 is 0 Å². The van der Waals surface area contributed by atoms with E-state index in [0.29, 0.717) is 0 Å². The number of nitrogens with one attached hydrogen (secondary N) is 2. The van der Waals surface area contributed by atoms with Crippen LogP contribution in [0.25, 0.3) is 43.8 Å². The van der Waals surface area contributed by atoms with E-state index in [-0.39, 0.29) is 0 Å². The summed E-state index contributed by atoms with van der Waals surface area (Å²) in [5.41, 5.74) is 16.9. The number of aryl methyl sites for hydroxylation is 4. The first-order chi connectivity index (χ1) is 19.0.